The van der Waals surface area contributed by atoms with Crippen molar-refractivity contribution in [2.45, 2.75) is 25.8 Å². The Morgan fingerprint density at radius 1 is 1.45 bits per heavy atom. The number of aromatic nitrogens is 3. The van der Waals surface area contributed by atoms with Crippen LogP contribution >= 0.6 is 11.6 Å². The lowest BCUT2D eigenvalue weighted by molar-refractivity contribution is -0.384. The van der Waals surface area contributed by atoms with Crippen molar-refractivity contribution < 1.29 is 9.31 Å². The fourth-order valence-electron chi connectivity index (χ4n) is 1.99. The van der Waals surface area contributed by atoms with E-state index in [0.29, 0.717) is 11.6 Å². The van der Waals surface area contributed by atoms with Gasteiger partial charge >= 0.3 is 0 Å². The van der Waals surface area contributed by atoms with E-state index in [0.717, 1.165) is 12.1 Å². The molecule has 1 heterocycles. The SMILES string of the molecule is CC(C)n1c(CCl)nnc1-c1ccc(F)cc1[N+](=O)[O-]. The molecule has 0 unspecified atom stereocenters. The lowest BCUT2D eigenvalue weighted by atomic mass is 10.1. The van der Waals surface area contributed by atoms with E-state index in [4.69, 9.17) is 11.6 Å². The summed E-state index contributed by atoms with van der Waals surface area (Å²) in [6.45, 7) is 3.77. The first-order valence-electron chi connectivity index (χ1n) is 5.89. The fraction of sp³-hybridized carbons (Fsp3) is 0.333. The predicted molar refractivity (Wildman–Crippen MR) is 72.0 cm³/mol. The molecule has 0 spiro atoms. The van der Waals surface area contributed by atoms with Gasteiger partial charge in [-0.15, -0.1) is 21.8 Å². The number of nitro benzene ring substituents is 1. The first-order chi connectivity index (χ1) is 9.45. The Hall–Kier alpha value is -2.02. The van der Waals surface area contributed by atoms with Crippen LogP contribution in [0.25, 0.3) is 11.4 Å². The number of halogens is 2. The van der Waals surface area contributed by atoms with Crippen LogP contribution in [0.2, 0.25) is 0 Å². The van der Waals surface area contributed by atoms with E-state index in [1.54, 1.807) is 4.57 Å². The summed E-state index contributed by atoms with van der Waals surface area (Å²) in [6, 6.07) is 3.32. The third kappa shape index (κ3) is 2.49. The molecular weight excluding hydrogens is 287 g/mol. The van der Waals surface area contributed by atoms with Gasteiger partial charge in [-0.1, -0.05) is 0 Å². The highest BCUT2D eigenvalue weighted by molar-refractivity contribution is 6.16. The zero-order valence-corrected chi connectivity index (χ0v) is 11.6. The summed E-state index contributed by atoms with van der Waals surface area (Å²) in [7, 11) is 0. The van der Waals surface area contributed by atoms with E-state index in [1.807, 2.05) is 13.8 Å². The van der Waals surface area contributed by atoms with Gasteiger partial charge in [0.15, 0.2) is 5.82 Å². The predicted octanol–water partition coefficient (Wildman–Crippen LogP) is 3.31. The molecule has 0 fully saturated rings. The van der Waals surface area contributed by atoms with E-state index < -0.39 is 10.7 Å². The fourth-order valence-corrected chi connectivity index (χ4v) is 2.17. The second-order valence-electron chi connectivity index (χ2n) is 4.46. The smallest absolute Gasteiger partial charge is 0.283 e. The summed E-state index contributed by atoms with van der Waals surface area (Å²) >= 11 is 5.79. The Balaban J connectivity index is 2.69. The zero-order chi connectivity index (χ0) is 14.9. The normalized spacial score (nSPS) is 11.1. The number of rotatable bonds is 4. The van der Waals surface area contributed by atoms with Crippen LogP contribution < -0.4 is 0 Å². The maximum Gasteiger partial charge on any atom is 0.283 e. The number of hydrogen-bond acceptors (Lipinski definition) is 4. The molecule has 0 saturated heterocycles. The Labute approximate surface area is 119 Å². The average molecular weight is 299 g/mol. The van der Waals surface area contributed by atoms with Crippen molar-refractivity contribution in [3.8, 4) is 11.4 Å². The molecule has 0 radical (unpaired) electrons. The molecule has 2 rings (SSSR count). The van der Waals surface area contributed by atoms with Gasteiger partial charge in [0.25, 0.3) is 5.69 Å². The second-order valence-corrected chi connectivity index (χ2v) is 4.72. The van der Waals surface area contributed by atoms with Crippen molar-refractivity contribution in [2.24, 2.45) is 0 Å². The second kappa shape index (κ2) is 5.54. The lowest BCUT2D eigenvalue weighted by Gasteiger charge is -2.13. The minimum atomic E-state index is -0.673. The highest BCUT2D eigenvalue weighted by Gasteiger charge is 2.23. The summed E-state index contributed by atoms with van der Waals surface area (Å²) in [5.74, 6) is 0.284. The van der Waals surface area contributed by atoms with Crippen LogP contribution in [0.5, 0.6) is 0 Å². The lowest BCUT2D eigenvalue weighted by Crippen LogP contribution is -2.08. The Morgan fingerprint density at radius 2 is 2.15 bits per heavy atom. The molecule has 0 saturated carbocycles. The maximum absolute atomic E-state index is 13.2. The number of benzene rings is 1. The van der Waals surface area contributed by atoms with Crippen molar-refractivity contribution in [2.75, 3.05) is 0 Å². The Morgan fingerprint density at radius 3 is 2.70 bits per heavy atom. The van der Waals surface area contributed by atoms with Gasteiger partial charge in [0.2, 0.25) is 0 Å². The minimum absolute atomic E-state index is 0.0293. The quantitative estimate of drug-likeness (QED) is 0.493. The first kappa shape index (κ1) is 14.4. The van der Waals surface area contributed by atoms with Gasteiger partial charge in [-0.05, 0) is 26.0 Å². The van der Waals surface area contributed by atoms with E-state index in [2.05, 4.69) is 10.2 Å². The van der Waals surface area contributed by atoms with Gasteiger partial charge in [-0.25, -0.2) is 4.39 Å². The monoisotopic (exact) mass is 298 g/mol. The third-order valence-electron chi connectivity index (χ3n) is 2.80. The molecule has 0 N–H and O–H groups in total. The van der Waals surface area contributed by atoms with E-state index in [-0.39, 0.29) is 23.2 Å². The molecule has 0 aliphatic heterocycles. The van der Waals surface area contributed by atoms with Crippen molar-refractivity contribution in [1.29, 1.82) is 0 Å². The summed E-state index contributed by atoms with van der Waals surface area (Å²) in [6.07, 6.45) is 0. The van der Waals surface area contributed by atoms with Gasteiger partial charge in [0, 0.05) is 6.04 Å². The largest absolute Gasteiger partial charge is 0.307 e. The molecule has 0 aliphatic carbocycles. The molecule has 0 atom stereocenters. The van der Waals surface area contributed by atoms with Crippen LogP contribution in [-0.2, 0) is 5.88 Å². The molecule has 6 nitrogen and oxygen atoms in total. The molecule has 0 amide bonds. The third-order valence-corrected chi connectivity index (χ3v) is 3.04. The minimum Gasteiger partial charge on any atom is -0.307 e. The number of hydrogen-bond donors (Lipinski definition) is 0. The van der Waals surface area contributed by atoms with Crippen LogP contribution in [-0.4, -0.2) is 19.7 Å². The van der Waals surface area contributed by atoms with Gasteiger partial charge in [0.1, 0.15) is 11.6 Å². The van der Waals surface area contributed by atoms with Gasteiger partial charge < -0.3 is 4.57 Å². The van der Waals surface area contributed by atoms with E-state index >= 15 is 0 Å². The molecule has 0 bridgehead atoms. The summed E-state index contributed by atoms with van der Waals surface area (Å²) < 4.78 is 14.9. The molecule has 1 aromatic heterocycles. The van der Waals surface area contributed by atoms with Gasteiger partial charge in [-0.3, -0.25) is 10.1 Å². The highest BCUT2D eigenvalue weighted by Crippen LogP contribution is 2.31. The van der Waals surface area contributed by atoms with E-state index in [9.17, 15) is 14.5 Å². The molecular formula is C12H12ClFN4O2. The van der Waals surface area contributed by atoms with Crippen molar-refractivity contribution in [3.05, 3.63) is 40.0 Å². The van der Waals surface area contributed by atoms with Crippen molar-refractivity contribution in [1.82, 2.24) is 14.8 Å². The maximum atomic E-state index is 13.2. The number of alkyl halides is 1. The zero-order valence-electron chi connectivity index (χ0n) is 10.9. The molecule has 8 heteroatoms. The highest BCUT2D eigenvalue weighted by atomic mass is 35.5. The van der Waals surface area contributed by atoms with Crippen LogP contribution in [0, 0.1) is 15.9 Å². The molecule has 1 aromatic carbocycles. The molecule has 0 aliphatic rings. The summed E-state index contributed by atoms with van der Waals surface area (Å²) in [5, 5.41) is 18.9. The summed E-state index contributed by atoms with van der Waals surface area (Å²) in [4.78, 5) is 10.4. The average Bonchev–Trinajstić information content (AvgIpc) is 2.82. The van der Waals surface area contributed by atoms with Crippen LogP contribution in [0.3, 0.4) is 0 Å². The topological polar surface area (TPSA) is 73.8 Å². The standard InChI is InChI=1S/C12H12ClFN4O2/c1-7(2)17-11(6-13)15-16-12(17)9-4-3-8(14)5-10(9)18(19)20/h3-5,7H,6H2,1-2H3. The number of nitrogens with zero attached hydrogens (tertiary/aromatic N) is 4. The summed E-state index contributed by atoms with van der Waals surface area (Å²) in [5.41, 5.74) is -0.130. The van der Waals surface area contributed by atoms with E-state index in [1.165, 1.54) is 6.07 Å². The molecule has 2 aromatic rings. The molecule has 106 valence electrons. The van der Waals surface area contributed by atoms with Crippen LogP contribution in [0.15, 0.2) is 18.2 Å². The van der Waals surface area contributed by atoms with Crippen molar-refractivity contribution in [3.63, 3.8) is 0 Å². The van der Waals surface area contributed by atoms with Crippen LogP contribution in [0.4, 0.5) is 10.1 Å². The number of nitro groups is 1. The van der Waals surface area contributed by atoms with Crippen LogP contribution in [0.1, 0.15) is 25.7 Å². The Bertz CT molecular complexity index is 657. The van der Waals surface area contributed by atoms with Gasteiger partial charge in [-0.2, -0.15) is 0 Å². The van der Waals surface area contributed by atoms with Gasteiger partial charge in [0.05, 0.1) is 22.4 Å². The first-order valence-corrected chi connectivity index (χ1v) is 6.43. The molecule has 20 heavy (non-hydrogen) atoms. The Kier molecular flexibility index (Phi) is 3.99. The van der Waals surface area contributed by atoms with Crippen molar-refractivity contribution >= 4 is 17.3 Å².